The summed E-state index contributed by atoms with van der Waals surface area (Å²) in [6, 6.07) is 0. The van der Waals surface area contributed by atoms with E-state index < -0.39 is 21.4 Å². The first-order chi connectivity index (χ1) is 7.32. The molecule has 1 saturated heterocycles. The first-order valence-corrected chi connectivity index (χ1v) is 7.14. The van der Waals surface area contributed by atoms with Crippen molar-refractivity contribution in [1.82, 2.24) is 4.31 Å². The quantitative estimate of drug-likeness (QED) is 0.803. The Kier molecular flexibility index (Phi) is 3.96. The van der Waals surface area contributed by atoms with Gasteiger partial charge in [-0.1, -0.05) is 6.92 Å². The standard InChI is InChI=1S/C10H19NO4S/c1-3-7-16(14,15)11-6-4-5-10(2,8-11)9(12)13/h3-8H2,1-2H3,(H,12,13). The summed E-state index contributed by atoms with van der Waals surface area (Å²) in [4.78, 5) is 11.1. The van der Waals surface area contributed by atoms with Crippen LogP contribution in [0, 0.1) is 5.41 Å². The summed E-state index contributed by atoms with van der Waals surface area (Å²) in [6.45, 7) is 3.97. The molecule has 1 rings (SSSR count). The van der Waals surface area contributed by atoms with Gasteiger partial charge in [-0.2, -0.15) is 0 Å². The van der Waals surface area contributed by atoms with Crippen LogP contribution >= 0.6 is 0 Å². The topological polar surface area (TPSA) is 74.7 Å². The minimum Gasteiger partial charge on any atom is -0.481 e. The Morgan fingerprint density at radius 2 is 2.12 bits per heavy atom. The number of sulfonamides is 1. The molecule has 5 nitrogen and oxygen atoms in total. The van der Waals surface area contributed by atoms with E-state index in [9.17, 15) is 13.2 Å². The van der Waals surface area contributed by atoms with E-state index in [1.54, 1.807) is 13.8 Å². The molecule has 0 spiro atoms. The molecule has 1 aliphatic heterocycles. The van der Waals surface area contributed by atoms with Gasteiger partial charge in [0.05, 0.1) is 11.2 Å². The highest BCUT2D eigenvalue weighted by Crippen LogP contribution is 2.31. The van der Waals surface area contributed by atoms with Crippen LogP contribution in [0.3, 0.4) is 0 Å². The molecule has 0 radical (unpaired) electrons. The van der Waals surface area contributed by atoms with Gasteiger partial charge < -0.3 is 5.11 Å². The Labute approximate surface area is 96.5 Å². The van der Waals surface area contributed by atoms with E-state index in [0.29, 0.717) is 25.8 Å². The number of hydrogen-bond donors (Lipinski definition) is 1. The molecule has 0 aromatic rings. The first-order valence-electron chi connectivity index (χ1n) is 5.53. The van der Waals surface area contributed by atoms with Gasteiger partial charge in [-0.15, -0.1) is 0 Å². The van der Waals surface area contributed by atoms with Gasteiger partial charge in [-0.3, -0.25) is 4.79 Å². The largest absolute Gasteiger partial charge is 0.481 e. The highest BCUT2D eigenvalue weighted by Gasteiger charge is 2.41. The molecule has 1 unspecified atom stereocenters. The average Bonchev–Trinajstić information content (AvgIpc) is 2.17. The predicted octanol–water partition coefficient (Wildman–Crippen LogP) is 0.913. The van der Waals surface area contributed by atoms with Crippen molar-refractivity contribution in [2.24, 2.45) is 5.41 Å². The van der Waals surface area contributed by atoms with Gasteiger partial charge in [0, 0.05) is 13.1 Å². The first kappa shape index (κ1) is 13.4. The second-order valence-corrected chi connectivity index (χ2v) is 6.71. The zero-order valence-corrected chi connectivity index (χ0v) is 10.6. The lowest BCUT2D eigenvalue weighted by Gasteiger charge is -2.36. The van der Waals surface area contributed by atoms with Crippen molar-refractivity contribution >= 4 is 16.0 Å². The van der Waals surface area contributed by atoms with Crippen LogP contribution in [0.5, 0.6) is 0 Å². The minimum absolute atomic E-state index is 0.0999. The number of nitrogens with zero attached hydrogens (tertiary/aromatic N) is 1. The van der Waals surface area contributed by atoms with Gasteiger partial charge in [0.2, 0.25) is 10.0 Å². The van der Waals surface area contributed by atoms with Gasteiger partial charge in [0.15, 0.2) is 0 Å². The van der Waals surface area contributed by atoms with Gasteiger partial charge in [0.25, 0.3) is 0 Å². The number of carboxylic acids is 1. The number of hydrogen-bond acceptors (Lipinski definition) is 3. The molecular formula is C10H19NO4S. The summed E-state index contributed by atoms with van der Waals surface area (Å²) in [5, 5.41) is 9.09. The molecule has 0 aliphatic carbocycles. The molecule has 1 N–H and O–H groups in total. The fourth-order valence-electron chi connectivity index (χ4n) is 1.99. The third-order valence-electron chi connectivity index (χ3n) is 3.03. The second-order valence-electron chi connectivity index (χ2n) is 4.62. The summed E-state index contributed by atoms with van der Waals surface area (Å²) < 4.78 is 25.0. The number of rotatable bonds is 4. The van der Waals surface area contributed by atoms with E-state index in [1.807, 2.05) is 0 Å². The minimum atomic E-state index is -3.27. The van der Waals surface area contributed by atoms with Crippen LogP contribution in [0.2, 0.25) is 0 Å². The third-order valence-corrected chi connectivity index (χ3v) is 5.06. The third kappa shape index (κ3) is 2.74. The molecule has 1 fully saturated rings. The van der Waals surface area contributed by atoms with E-state index in [2.05, 4.69) is 0 Å². The molecule has 0 amide bonds. The van der Waals surface area contributed by atoms with Crippen LogP contribution in [0.4, 0.5) is 0 Å². The number of piperidine rings is 1. The van der Waals surface area contributed by atoms with E-state index in [-0.39, 0.29) is 12.3 Å². The molecule has 16 heavy (non-hydrogen) atoms. The molecule has 0 bridgehead atoms. The molecular weight excluding hydrogens is 230 g/mol. The number of carbonyl (C=O) groups is 1. The van der Waals surface area contributed by atoms with E-state index in [4.69, 9.17) is 5.11 Å². The van der Waals surface area contributed by atoms with Crippen molar-refractivity contribution in [2.45, 2.75) is 33.1 Å². The van der Waals surface area contributed by atoms with Crippen molar-refractivity contribution < 1.29 is 18.3 Å². The zero-order chi connectivity index (χ0) is 12.4. The SMILES string of the molecule is CCCS(=O)(=O)N1CCCC(C)(C(=O)O)C1. The predicted molar refractivity (Wildman–Crippen MR) is 60.6 cm³/mol. The molecule has 0 aromatic carbocycles. The van der Waals surface area contributed by atoms with Crippen LogP contribution in [-0.4, -0.2) is 42.6 Å². The molecule has 1 heterocycles. The molecule has 94 valence electrons. The number of carboxylic acid groups (broad SMARTS) is 1. The highest BCUT2D eigenvalue weighted by atomic mass is 32.2. The smallest absolute Gasteiger partial charge is 0.310 e. The second kappa shape index (κ2) is 4.71. The fourth-order valence-corrected chi connectivity index (χ4v) is 3.65. The van der Waals surface area contributed by atoms with Crippen LogP contribution < -0.4 is 0 Å². The van der Waals surface area contributed by atoms with Crippen LogP contribution in [0.25, 0.3) is 0 Å². The van der Waals surface area contributed by atoms with Crippen molar-refractivity contribution in [2.75, 3.05) is 18.8 Å². The zero-order valence-electron chi connectivity index (χ0n) is 9.77. The highest BCUT2D eigenvalue weighted by molar-refractivity contribution is 7.89. The van der Waals surface area contributed by atoms with Crippen molar-refractivity contribution in [1.29, 1.82) is 0 Å². The number of aliphatic carboxylic acids is 1. The van der Waals surface area contributed by atoms with Gasteiger partial charge >= 0.3 is 5.97 Å². The Hall–Kier alpha value is -0.620. The molecule has 6 heteroatoms. The maximum Gasteiger partial charge on any atom is 0.310 e. The van der Waals surface area contributed by atoms with Gasteiger partial charge in [0.1, 0.15) is 0 Å². The summed E-state index contributed by atoms with van der Waals surface area (Å²) >= 11 is 0. The van der Waals surface area contributed by atoms with Gasteiger partial charge in [-0.25, -0.2) is 12.7 Å². The van der Waals surface area contributed by atoms with Crippen LogP contribution in [0.1, 0.15) is 33.1 Å². The normalized spacial score (nSPS) is 27.9. The van der Waals surface area contributed by atoms with E-state index in [1.165, 1.54) is 4.31 Å². The Morgan fingerprint density at radius 3 is 2.62 bits per heavy atom. The molecule has 0 saturated carbocycles. The fraction of sp³-hybridized carbons (Fsp3) is 0.900. The lowest BCUT2D eigenvalue weighted by molar-refractivity contribution is -0.150. The molecule has 1 atom stereocenters. The van der Waals surface area contributed by atoms with Crippen LogP contribution in [-0.2, 0) is 14.8 Å². The van der Waals surface area contributed by atoms with Crippen molar-refractivity contribution in [3.8, 4) is 0 Å². The van der Waals surface area contributed by atoms with Crippen molar-refractivity contribution in [3.05, 3.63) is 0 Å². The van der Waals surface area contributed by atoms with E-state index >= 15 is 0 Å². The van der Waals surface area contributed by atoms with Crippen LogP contribution in [0.15, 0.2) is 0 Å². The lowest BCUT2D eigenvalue weighted by Crippen LogP contribution is -2.48. The lowest BCUT2D eigenvalue weighted by atomic mass is 9.83. The Morgan fingerprint density at radius 1 is 1.50 bits per heavy atom. The average molecular weight is 249 g/mol. The summed E-state index contributed by atoms with van der Waals surface area (Å²) in [5.41, 5.74) is -0.931. The maximum atomic E-state index is 11.8. The molecule has 1 aliphatic rings. The maximum absolute atomic E-state index is 11.8. The van der Waals surface area contributed by atoms with Crippen molar-refractivity contribution in [3.63, 3.8) is 0 Å². The van der Waals surface area contributed by atoms with E-state index in [0.717, 1.165) is 0 Å². The summed E-state index contributed by atoms with van der Waals surface area (Å²) in [7, 11) is -3.27. The molecule has 0 aromatic heterocycles. The Balaban J connectivity index is 2.82. The summed E-state index contributed by atoms with van der Waals surface area (Å²) in [6.07, 6.45) is 1.72. The Bertz CT molecular complexity index is 365. The monoisotopic (exact) mass is 249 g/mol. The van der Waals surface area contributed by atoms with Gasteiger partial charge in [-0.05, 0) is 26.2 Å². The summed E-state index contributed by atoms with van der Waals surface area (Å²) in [5.74, 6) is -0.813.